The third-order valence-corrected chi connectivity index (χ3v) is 10.2. The molecule has 62 heavy (non-hydrogen) atoms. The molecule has 314 valence electrons. The molecule has 19 heteroatoms. The number of nitriles is 2. The summed E-state index contributed by atoms with van der Waals surface area (Å²) < 4.78 is 220. The highest BCUT2D eigenvalue weighted by atomic mass is 19.4. The molecule has 0 atom stereocenters. The molecule has 0 bridgehead atoms. The minimum absolute atomic E-state index is 0.253. The highest BCUT2D eigenvalue weighted by molar-refractivity contribution is 6.11. The van der Waals surface area contributed by atoms with E-state index in [2.05, 4.69) is 0 Å². The van der Waals surface area contributed by atoms with Gasteiger partial charge in [-0.25, -0.2) is 0 Å². The predicted molar refractivity (Wildman–Crippen MR) is 195 cm³/mol. The second kappa shape index (κ2) is 13.7. The lowest BCUT2D eigenvalue weighted by atomic mass is 9.96. The molecule has 4 nitrogen and oxygen atoms in total. The first-order valence-corrected chi connectivity index (χ1v) is 17.5. The molecule has 8 rings (SSSR count). The Morgan fingerprint density at radius 1 is 0.339 bits per heavy atom. The Hall–Kier alpha value is -7.15. The molecule has 2 heterocycles. The van der Waals surface area contributed by atoms with E-state index in [1.165, 1.54) is 0 Å². The summed E-state index contributed by atoms with van der Waals surface area (Å²) in [6.07, 6.45) is -26.4. The molecule has 0 unspecified atom stereocenters. The maximum absolute atomic E-state index is 16.1. The highest BCUT2D eigenvalue weighted by Crippen LogP contribution is 2.48. The first kappa shape index (κ1) is 41.6. The number of alkyl halides is 15. The number of halogens is 15. The molecule has 2 aromatic heterocycles. The van der Waals surface area contributed by atoms with E-state index in [9.17, 15) is 63.2 Å². The second-order valence-corrected chi connectivity index (χ2v) is 14.0. The van der Waals surface area contributed by atoms with Gasteiger partial charge in [0.15, 0.2) is 0 Å². The maximum atomic E-state index is 16.1. The van der Waals surface area contributed by atoms with Crippen molar-refractivity contribution in [2.45, 2.75) is 30.9 Å². The molecule has 0 aliphatic heterocycles. The Labute approximate surface area is 336 Å². The second-order valence-electron chi connectivity index (χ2n) is 14.0. The van der Waals surface area contributed by atoms with Gasteiger partial charge < -0.3 is 9.13 Å². The first-order valence-electron chi connectivity index (χ1n) is 17.5. The maximum Gasteiger partial charge on any atom is 0.420 e. The van der Waals surface area contributed by atoms with Gasteiger partial charge in [0.1, 0.15) is 5.56 Å². The number of hydrogen-bond acceptors (Lipinski definition) is 2. The van der Waals surface area contributed by atoms with E-state index in [1.54, 1.807) is 12.1 Å². The van der Waals surface area contributed by atoms with Crippen LogP contribution in [0.4, 0.5) is 65.9 Å². The fourth-order valence-corrected chi connectivity index (χ4v) is 7.61. The van der Waals surface area contributed by atoms with E-state index in [1.807, 2.05) is 0 Å². The molecule has 0 fully saturated rings. The van der Waals surface area contributed by atoms with E-state index in [0.717, 1.165) is 42.5 Å². The summed E-state index contributed by atoms with van der Waals surface area (Å²) in [5, 5.41) is 18.4. The average Bonchev–Trinajstić information content (AvgIpc) is 3.69. The predicted octanol–water partition coefficient (Wildman–Crippen LogP) is 14.4. The van der Waals surface area contributed by atoms with Crippen LogP contribution in [0.1, 0.15) is 38.9 Å². The van der Waals surface area contributed by atoms with Crippen LogP contribution < -0.4 is 0 Å². The van der Waals surface area contributed by atoms with Gasteiger partial charge in [0.05, 0.1) is 79.0 Å². The van der Waals surface area contributed by atoms with Crippen LogP contribution in [0.25, 0.3) is 66.1 Å². The molecule has 0 aliphatic rings. The third kappa shape index (κ3) is 6.96. The molecule has 0 N–H and O–H groups in total. The van der Waals surface area contributed by atoms with Crippen LogP contribution in [-0.2, 0) is 30.9 Å². The number of aromatic nitrogens is 2. The molecular formula is C43H17F15N4. The average molecular weight is 875 g/mol. The van der Waals surface area contributed by atoms with E-state index < -0.39 is 97.7 Å². The zero-order chi connectivity index (χ0) is 45.1. The molecular weight excluding hydrogens is 857 g/mol. The largest absolute Gasteiger partial charge is 0.420 e. The van der Waals surface area contributed by atoms with E-state index in [4.69, 9.17) is 0 Å². The molecule has 0 saturated heterocycles. The van der Waals surface area contributed by atoms with Crippen molar-refractivity contribution in [1.29, 1.82) is 10.5 Å². The topological polar surface area (TPSA) is 57.4 Å². The molecule has 0 spiro atoms. The number of rotatable bonds is 3. The SMILES string of the molecule is N#Cc1cc(C#N)cc(-c2cc(-n3c4cc(C(F)(F)F)ccc4c4ccc(C(F)(F)F)cc43)c(C(F)(F)F)c(-n3c4cc(C(F)(F)F)ccc4c4ccc(C(F)(F)F)cc43)c2)c1. The summed E-state index contributed by atoms with van der Waals surface area (Å²) in [5.41, 5.74) is -14.3. The van der Waals surface area contributed by atoms with Crippen molar-refractivity contribution < 1.29 is 65.9 Å². The van der Waals surface area contributed by atoms with Gasteiger partial charge in [0.25, 0.3) is 0 Å². The summed E-state index contributed by atoms with van der Waals surface area (Å²) in [5.74, 6) is 0. The Bertz CT molecular complexity index is 2910. The van der Waals surface area contributed by atoms with E-state index >= 15 is 13.2 Å². The molecule has 8 aromatic rings. The summed E-state index contributed by atoms with van der Waals surface area (Å²) >= 11 is 0. The van der Waals surface area contributed by atoms with Crippen molar-refractivity contribution in [2.75, 3.05) is 0 Å². The summed E-state index contributed by atoms with van der Waals surface area (Å²) in [7, 11) is 0. The molecule has 6 aromatic carbocycles. The fourth-order valence-electron chi connectivity index (χ4n) is 7.61. The first-order chi connectivity index (χ1) is 28.8. The Kier molecular flexibility index (Phi) is 9.18. The van der Waals surface area contributed by atoms with Crippen LogP contribution in [0.2, 0.25) is 0 Å². The van der Waals surface area contributed by atoms with Gasteiger partial charge >= 0.3 is 30.9 Å². The van der Waals surface area contributed by atoms with Crippen molar-refractivity contribution in [1.82, 2.24) is 9.13 Å². The Morgan fingerprint density at radius 2 is 0.613 bits per heavy atom. The lowest BCUT2D eigenvalue weighted by molar-refractivity contribution is -0.138. The fraction of sp³-hybridized carbons (Fsp3) is 0.116. The molecule has 0 saturated carbocycles. The van der Waals surface area contributed by atoms with Gasteiger partial charge in [0, 0.05) is 21.5 Å². The zero-order valence-electron chi connectivity index (χ0n) is 30.3. The Morgan fingerprint density at radius 3 is 0.855 bits per heavy atom. The lowest BCUT2D eigenvalue weighted by Gasteiger charge is -2.24. The van der Waals surface area contributed by atoms with Crippen LogP contribution in [0.5, 0.6) is 0 Å². The van der Waals surface area contributed by atoms with Gasteiger partial charge in [-0.05, 0) is 90.0 Å². The van der Waals surface area contributed by atoms with E-state index in [0.29, 0.717) is 69.8 Å². The van der Waals surface area contributed by atoms with Crippen molar-refractivity contribution in [2.24, 2.45) is 0 Å². The monoisotopic (exact) mass is 874 g/mol. The molecule has 0 amide bonds. The van der Waals surface area contributed by atoms with Crippen LogP contribution in [-0.4, -0.2) is 9.13 Å². The standard InChI is InChI=1S/C43H17F15N4/c44-39(45,46)24-1-5-28-29-6-2-25(40(47,48)49)15-33(29)61(32(28)14-24)36-12-23(22-10-20(18-59)9-21(11-22)19-60)13-37(38(36)43(56,57)58)62-34-16-26(41(50,51)52)3-7-30(34)31-8-4-27(17-35(31)62)42(53,54)55/h1-17H. The number of nitrogens with zero attached hydrogens (tertiary/aromatic N) is 4. The van der Waals surface area contributed by atoms with E-state index in [-0.39, 0.29) is 38.2 Å². The number of benzene rings is 6. The Balaban J connectivity index is 1.67. The van der Waals surface area contributed by atoms with Gasteiger partial charge in [-0.1, -0.05) is 24.3 Å². The zero-order valence-corrected chi connectivity index (χ0v) is 30.3. The van der Waals surface area contributed by atoms with Crippen LogP contribution >= 0.6 is 0 Å². The van der Waals surface area contributed by atoms with Crippen molar-refractivity contribution in [3.63, 3.8) is 0 Å². The normalized spacial score (nSPS) is 13.0. The van der Waals surface area contributed by atoms with Crippen molar-refractivity contribution in [3.05, 3.63) is 142 Å². The number of fused-ring (bicyclic) bond motifs is 6. The number of hydrogen-bond donors (Lipinski definition) is 0. The molecule has 0 aliphatic carbocycles. The smallest absolute Gasteiger partial charge is 0.308 e. The summed E-state index contributed by atoms with van der Waals surface area (Å²) in [6, 6.07) is 15.0. The van der Waals surface area contributed by atoms with Gasteiger partial charge in [-0.3, -0.25) is 0 Å². The van der Waals surface area contributed by atoms with Crippen LogP contribution in [0.3, 0.4) is 0 Å². The third-order valence-electron chi connectivity index (χ3n) is 10.2. The van der Waals surface area contributed by atoms with Crippen molar-refractivity contribution in [3.8, 4) is 34.6 Å². The van der Waals surface area contributed by atoms with Gasteiger partial charge in [-0.2, -0.15) is 76.4 Å². The quantitative estimate of drug-likeness (QED) is 0.166. The minimum atomic E-state index is -5.74. The van der Waals surface area contributed by atoms with Crippen molar-refractivity contribution >= 4 is 43.6 Å². The van der Waals surface area contributed by atoms with Gasteiger partial charge in [-0.15, -0.1) is 0 Å². The lowest BCUT2D eigenvalue weighted by Crippen LogP contribution is -2.17. The van der Waals surface area contributed by atoms with Crippen LogP contribution in [0, 0.1) is 22.7 Å². The minimum Gasteiger partial charge on any atom is -0.308 e. The van der Waals surface area contributed by atoms with Crippen LogP contribution in [0.15, 0.2) is 103 Å². The van der Waals surface area contributed by atoms with Gasteiger partial charge in [0.2, 0.25) is 0 Å². The summed E-state index contributed by atoms with van der Waals surface area (Å²) in [6.45, 7) is 0. The molecule has 0 radical (unpaired) electrons. The summed E-state index contributed by atoms with van der Waals surface area (Å²) in [4.78, 5) is 0. The highest BCUT2D eigenvalue weighted by Gasteiger charge is 2.42.